The van der Waals surface area contributed by atoms with Crippen LogP contribution in [0.5, 0.6) is 0 Å². The molecule has 0 spiro atoms. The van der Waals surface area contributed by atoms with Crippen LogP contribution in [0.3, 0.4) is 0 Å². The van der Waals surface area contributed by atoms with Crippen LogP contribution in [-0.2, 0) is 0 Å². The van der Waals surface area contributed by atoms with Crippen molar-refractivity contribution >= 4 is 63.2 Å². The summed E-state index contributed by atoms with van der Waals surface area (Å²) in [5.74, 6) is 0. The smallest absolute Gasteiger partial charge is 0.252 e. The van der Waals surface area contributed by atoms with Crippen LogP contribution in [0.15, 0.2) is 30.3 Å². The molecule has 0 aliphatic rings. The molecule has 0 heterocycles. The number of carbonyl (C=O) groups is 1. The zero-order valence-electron chi connectivity index (χ0n) is 9.18. The van der Waals surface area contributed by atoms with Crippen molar-refractivity contribution < 1.29 is 4.79 Å². The lowest BCUT2D eigenvalue weighted by atomic mass is 10.0. The summed E-state index contributed by atoms with van der Waals surface area (Å²) in [6.07, 6.45) is 0. The summed E-state index contributed by atoms with van der Waals surface area (Å²) in [6, 6.07) is 7.81. The van der Waals surface area contributed by atoms with Crippen molar-refractivity contribution in [2.75, 3.05) is 0 Å². The highest BCUT2D eigenvalue weighted by Gasteiger charge is 2.13. The van der Waals surface area contributed by atoms with Crippen molar-refractivity contribution in [1.29, 1.82) is 0 Å². The van der Waals surface area contributed by atoms with Gasteiger partial charge >= 0.3 is 0 Å². The fraction of sp³-hybridized carbons (Fsp3) is 0. The summed E-state index contributed by atoms with van der Waals surface area (Å²) in [6.45, 7) is 0. The van der Waals surface area contributed by atoms with Crippen molar-refractivity contribution in [3.05, 3.63) is 56.0 Å². The lowest BCUT2D eigenvalue weighted by Crippen LogP contribution is -1.91. The van der Waals surface area contributed by atoms with Gasteiger partial charge < -0.3 is 0 Å². The van der Waals surface area contributed by atoms with Gasteiger partial charge in [-0.2, -0.15) is 0 Å². The first kappa shape index (κ1) is 15.0. The van der Waals surface area contributed by atoms with Crippen molar-refractivity contribution in [2.45, 2.75) is 0 Å². The molecule has 0 fully saturated rings. The third-order valence-corrected chi connectivity index (χ3v) is 3.67. The molecule has 2 rings (SSSR count). The molecule has 0 aromatic heterocycles. The Labute approximate surface area is 135 Å². The predicted octanol–water partition coefficient (Wildman–Crippen LogP) is 6.35. The van der Waals surface area contributed by atoms with Gasteiger partial charge in [-0.3, -0.25) is 4.79 Å². The van der Waals surface area contributed by atoms with E-state index in [0.717, 1.165) is 0 Å². The number of benzene rings is 2. The van der Waals surface area contributed by atoms with Gasteiger partial charge in [-0.15, -0.1) is 0 Å². The molecule has 0 saturated carbocycles. The van der Waals surface area contributed by atoms with E-state index in [1.54, 1.807) is 24.3 Å². The van der Waals surface area contributed by atoms with Crippen molar-refractivity contribution in [2.24, 2.45) is 0 Å². The Morgan fingerprint density at radius 1 is 0.789 bits per heavy atom. The van der Waals surface area contributed by atoms with Gasteiger partial charge in [-0.25, -0.2) is 0 Å². The van der Waals surface area contributed by atoms with Crippen LogP contribution in [0, 0.1) is 0 Å². The first-order chi connectivity index (χ1) is 8.88. The Kier molecular flexibility index (Phi) is 4.65. The number of hydrogen-bond donors (Lipinski definition) is 0. The molecular weight excluding hydrogens is 349 g/mol. The van der Waals surface area contributed by atoms with E-state index >= 15 is 0 Å². The zero-order chi connectivity index (χ0) is 14.2. The highest BCUT2D eigenvalue weighted by Crippen LogP contribution is 2.38. The fourth-order valence-corrected chi connectivity index (χ4v) is 3.04. The molecule has 1 nitrogen and oxygen atoms in total. The fourth-order valence-electron chi connectivity index (χ4n) is 1.67. The Bertz CT molecular complexity index is 643. The summed E-state index contributed by atoms with van der Waals surface area (Å²) >= 11 is 29.5. The molecule has 98 valence electrons. The first-order valence-electron chi connectivity index (χ1n) is 5.04. The second-order valence-corrected chi connectivity index (χ2v) is 5.78. The predicted molar refractivity (Wildman–Crippen MR) is 82.1 cm³/mol. The van der Waals surface area contributed by atoms with Crippen LogP contribution < -0.4 is 0 Å². The number of rotatable bonds is 2. The van der Waals surface area contributed by atoms with Crippen LogP contribution in [0.4, 0.5) is 0 Å². The van der Waals surface area contributed by atoms with E-state index in [2.05, 4.69) is 0 Å². The van der Waals surface area contributed by atoms with Gasteiger partial charge in [-0.05, 0) is 47.5 Å². The largest absolute Gasteiger partial charge is 0.276 e. The quantitative estimate of drug-likeness (QED) is 0.575. The van der Waals surface area contributed by atoms with Crippen LogP contribution in [-0.4, -0.2) is 5.24 Å². The Hall–Kier alpha value is -0.440. The van der Waals surface area contributed by atoms with E-state index in [1.807, 2.05) is 0 Å². The van der Waals surface area contributed by atoms with Crippen molar-refractivity contribution in [3.8, 4) is 11.1 Å². The second kappa shape index (κ2) is 5.90. The topological polar surface area (TPSA) is 17.1 Å². The van der Waals surface area contributed by atoms with Gasteiger partial charge in [0, 0.05) is 21.2 Å². The molecule has 0 radical (unpaired) electrons. The van der Waals surface area contributed by atoms with Crippen LogP contribution in [0.25, 0.3) is 11.1 Å². The average Bonchev–Trinajstić information content (AvgIpc) is 2.26. The minimum absolute atomic E-state index is 0.270. The molecule has 0 atom stereocenters. The molecule has 0 unspecified atom stereocenters. The molecule has 19 heavy (non-hydrogen) atoms. The minimum atomic E-state index is -0.607. The molecule has 0 aliphatic carbocycles. The number of hydrogen-bond acceptors (Lipinski definition) is 1. The van der Waals surface area contributed by atoms with E-state index in [9.17, 15) is 4.79 Å². The maximum Gasteiger partial charge on any atom is 0.252 e. The summed E-state index contributed by atoms with van der Waals surface area (Å²) in [4.78, 5) is 11.2. The molecule has 0 aliphatic heterocycles. The van der Waals surface area contributed by atoms with Crippen molar-refractivity contribution in [1.82, 2.24) is 0 Å². The van der Waals surface area contributed by atoms with Gasteiger partial charge in [0.1, 0.15) is 0 Å². The highest BCUT2D eigenvalue weighted by atomic mass is 35.5. The Morgan fingerprint density at radius 2 is 1.32 bits per heavy atom. The molecule has 0 bridgehead atoms. The van der Waals surface area contributed by atoms with Crippen LogP contribution in [0.1, 0.15) is 10.4 Å². The lowest BCUT2D eigenvalue weighted by Gasteiger charge is -2.09. The van der Waals surface area contributed by atoms with Gasteiger partial charge in [0.05, 0.1) is 10.0 Å². The van der Waals surface area contributed by atoms with Gasteiger partial charge in [0.2, 0.25) is 0 Å². The molecule has 0 N–H and O–H groups in total. The Morgan fingerprint density at radius 3 is 1.84 bits per heavy atom. The van der Waals surface area contributed by atoms with E-state index < -0.39 is 5.24 Å². The maximum absolute atomic E-state index is 11.2. The molecule has 2 aromatic carbocycles. The maximum atomic E-state index is 11.2. The molecule has 0 amide bonds. The molecule has 2 aromatic rings. The van der Waals surface area contributed by atoms with Gasteiger partial charge in [0.15, 0.2) is 0 Å². The van der Waals surface area contributed by atoms with E-state index in [1.165, 1.54) is 6.07 Å². The van der Waals surface area contributed by atoms with Gasteiger partial charge in [0.25, 0.3) is 5.24 Å². The highest BCUT2D eigenvalue weighted by molar-refractivity contribution is 6.67. The SMILES string of the molecule is O=C(Cl)c1cc(Cl)cc(-c2c(Cl)cc(Cl)cc2Cl)c1. The standard InChI is InChI=1S/C13H5Cl5O/c14-8-2-6(1-7(3-8)13(18)19)12-10(16)4-9(15)5-11(12)17/h1-5H. The van der Waals surface area contributed by atoms with Crippen molar-refractivity contribution in [3.63, 3.8) is 0 Å². The minimum Gasteiger partial charge on any atom is -0.276 e. The normalized spacial score (nSPS) is 10.6. The monoisotopic (exact) mass is 352 g/mol. The van der Waals surface area contributed by atoms with E-state index in [-0.39, 0.29) is 5.56 Å². The molecule has 6 heteroatoms. The summed E-state index contributed by atoms with van der Waals surface area (Å²) in [5.41, 5.74) is 1.42. The Balaban J connectivity index is 2.69. The third-order valence-electron chi connectivity index (χ3n) is 2.42. The summed E-state index contributed by atoms with van der Waals surface area (Å²) < 4.78 is 0. The number of halogens is 5. The van der Waals surface area contributed by atoms with Crippen LogP contribution in [0.2, 0.25) is 20.1 Å². The number of carbonyl (C=O) groups excluding carboxylic acids is 1. The zero-order valence-corrected chi connectivity index (χ0v) is 13.0. The van der Waals surface area contributed by atoms with E-state index in [4.69, 9.17) is 58.0 Å². The summed E-state index contributed by atoms with van der Waals surface area (Å²) in [5, 5.41) is 0.920. The third kappa shape index (κ3) is 3.36. The van der Waals surface area contributed by atoms with Gasteiger partial charge in [-0.1, -0.05) is 46.4 Å². The molecular formula is C13H5Cl5O. The van der Waals surface area contributed by atoms with Crippen LogP contribution >= 0.6 is 58.0 Å². The summed E-state index contributed by atoms with van der Waals surface area (Å²) in [7, 11) is 0. The average molecular weight is 354 g/mol. The van der Waals surface area contributed by atoms with E-state index in [0.29, 0.717) is 31.2 Å². The molecule has 0 saturated heterocycles. The first-order valence-corrected chi connectivity index (χ1v) is 6.93. The second-order valence-electron chi connectivity index (χ2n) is 3.75. The lowest BCUT2D eigenvalue weighted by molar-refractivity contribution is 0.108.